The fourth-order valence-corrected chi connectivity index (χ4v) is 2.94. The molecule has 0 unspecified atom stereocenters. The molecule has 1 N–H and O–H groups in total. The van der Waals surface area contributed by atoms with Gasteiger partial charge in [0.1, 0.15) is 12.3 Å². The highest BCUT2D eigenvalue weighted by atomic mass is 32.2. The van der Waals surface area contributed by atoms with E-state index in [9.17, 15) is 13.2 Å². The van der Waals surface area contributed by atoms with Crippen LogP contribution in [0.3, 0.4) is 0 Å². The first-order chi connectivity index (χ1) is 10.7. The van der Waals surface area contributed by atoms with Crippen molar-refractivity contribution in [3.63, 3.8) is 0 Å². The molecule has 0 spiro atoms. The molecule has 1 heterocycles. The van der Waals surface area contributed by atoms with Gasteiger partial charge < -0.3 is 9.84 Å². The first kappa shape index (κ1) is 17.0. The number of benzene rings is 1. The minimum absolute atomic E-state index is 0.0849. The number of para-hydroxylation sites is 1. The van der Waals surface area contributed by atoms with Crippen LogP contribution in [0.5, 0.6) is 0 Å². The summed E-state index contributed by atoms with van der Waals surface area (Å²) in [7, 11) is -3.66. The Kier molecular flexibility index (Phi) is 4.74. The number of aromatic nitrogens is 1. The Morgan fingerprint density at radius 3 is 2.35 bits per heavy atom. The summed E-state index contributed by atoms with van der Waals surface area (Å²) >= 11 is 0. The number of aryl methyl sites for hydroxylation is 3. The highest BCUT2D eigenvalue weighted by molar-refractivity contribution is 7.92. The summed E-state index contributed by atoms with van der Waals surface area (Å²) in [4.78, 5) is 12.3. The van der Waals surface area contributed by atoms with Gasteiger partial charge in [0.2, 0.25) is 15.9 Å². The third-order valence-electron chi connectivity index (χ3n) is 3.30. The molecule has 0 radical (unpaired) electrons. The van der Waals surface area contributed by atoms with E-state index in [1.165, 1.54) is 6.07 Å². The molecular formula is C15H19N3O4S. The fraction of sp³-hybridized carbons (Fsp3) is 0.333. The van der Waals surface area contributed by atoms with Crippen LogP contribution >= 0.6 is 0 Å². The Balaban J connectivity index is 2.22. The van der Waals surface area contributed by atoms with Gasteiger partial charge in [-0.3, -0.25) is 4.79 Å². The van der Waals surface area contributed by atoms with E-state index < -0.39 is 15.9 Å². The lowest BCUT2D eigenvalue weighted by molar-refractivity contribution is -0.114. The number of hydrogen-bond acceptors (Lipinski definition) is 5. The zero-order valence-corrected chi connectivity index (χ0v) is 14.3. The fourth-order valence-electron chi connectivity index (χ4n) is 2.16. The molecule has 0 aliphatic heterocycles. The molecule has 2 rings (SSSR count). The van der Waals surface area contributed by atoms with Crippen molar-refractivity contribution in [1.29, 1.82) is 0 Å². The van der Waals surface area contributed by atoms with Crippen LogP contribution in [0, 0.1) is 20.8 Å². The molecular weight excluding hydrogens is 318 g/mol. The van der Waals surface area contributed by atoms with Crippen molar-refractivity contribution in [2.24, 2.45) is 0 Å². The standard InChI is InChI=1S/C15H19N3O4S/c1-10-6-5-7-11(2)15(10)16-14(19)9-18(23(4,20)21)13-8-12(3)22-17-13/h5-8H,9H2,1-4H3,(H,16,19). The van der Waals surface area contributed by atoms with E-state index in [1.54, 1.807) is 6.92 Å². The van der Waals surface area contributed by atoms with Crippen molar-refractivity contribution >= 4 is 27.4 Å². The van der Waals surface area contributed by atoms with Crippen LogP contribution in [-0.2, 0) is 14.8 Å². The molecule has 0 bridgehead atoms. The maximum atomic E-state index is 12.3. The number of nitrogens with zero attached hydrogens (tertiary/aromatic N) is 2. The average Bonchev–Trinajstić information content (AvgIpc) is 2.85. The molecule has 7 nitrogen and oxygen atoms in total. The molecule has 0 aliphatic carbocycles. The lowest BCUT2D eigenvalue weighted by Gasteiger charge is -2.19. The first-order valence-electron chi connectivity index (χ1n) is 6.95. The molecule has 1 amide bonds. The van der Waals surface area contributed by atoms with Crippen molar-refractivity contribution in [2.75, 3.05) is 22.4 Å². The topological polar surface area (TPSA) is 92.5 Å². The van der Waals surface area contributed by atoms with Gasteiger partial charge in [-0.15, -0.1) is 0 Å². The zero-order valence-electron chi connectivity index (χ0n) is 13.5. The second-order valence-corrected chi connectivity index (χ2v) is 7.29. The minimum Gasteiger partial charge on any atom is -0.360 e. The summed E-state index contributed by atoms with van der Waals surface area (Å²) in [6.45, 7) is 5.02. The Morgan fingerprint density at radius 2 is 1.87 bits per heavy atom. The molecule has 0 saturated carbocycles. The highest BCUT2D eigenvalue weighted by Crippen LogP contribution is 2.21. The molecule has 0 fully saturated rings. The summed E-state index contributed by atoms with van der Waals surface area (Å²) in [5, 5.41) is 6.42. The third kappa shape index (κ3) is 4.10. The number of nitrogens with one attached hydrogen (secondary N) is 1. The SMILES string of the molecule is Cc1cc(N(CC(=O)Nc2c(C)cccc2C)S(C)(=O)=O)no1. The molecule has 0 aliphatic rings. The Hall–Kier alpha value is -2.35. The van der Waals surface area contributed by atoms with Gasteiger partial charge in [0.15, 0.2) is 5.82 Å². The van der Waals surface area contributed by atoms with Crippen molar-refractivity contribution in [3.05, 3.63) is 41.2 Å². The largest absolute Gasteiger partial charge is 0.360 e. The molecule has 2 aromatic rings. The molecule has 1 aromatic heterocycles. The second-order valence-electron chi connectivity index (χ2n) is 5.38. The van der Waals surface area contributed by atoms with Crippen LogP contribution in [-0.4, -0.2) is 32.3 Å². The minimum atomic E-state index is -3.66. The van der Waals surface area contributed by atoms with E-state index in [0.717, 1.165) is 21.7 Å². The van der Waals surface area contributed by atoms with Crippen LogP contribution in [0.25, 0.3) is 0 Å². The monoisotopic (exact) mass is 337 g/mol. The lowest BCUT2D eigenvalue weighted by atomic mass is 10.1. The van der Waals surface area contributed by atoms with Gasteiger partial charge in [-0.1, -0.05) is 23.4 Å². The van der Waals surface area contributed by atoms with E-state index in [2.05, 4.69) is 10.5 Å². The normalized spacial score (nSPS) is 11.3. The molecule has 8 heteroatoms. The van der Waals surface area contributed by atoms with E-state index in [0.29, 0.717) is 11.4 Å². The van der Waals surface area contributed by atoms with Gasteiger partial charge in [0.05, 0.1) is 6.26 Å². The van der Waals surface area contributed by atoms with Gasteiger partial charge in [-0.2, -0.15) is 0 Å². The summed E-state index contributed by atoms with van der Waals surface area (Å²) in [6.07, 6.45) is 1.02. The van der Waals surface area contributed by atoms with Crippen LogP contribution in [0.15, 0.2) is 28.8 Å². The van der Waals surface area contributed by atoms with E-state index in [-0.39, 0.29) is 12.4 Å². The van der Waals surface area contributed by atoms with Gasteiger partial charge in [-0.05, 0) is 31.9 Å². The van der Waals surface area contributed by atoms with Gasteiger partial charge in [0, 0.05) is 11.8 Å². The number of rotatable bonds is 5. The number of carbonyl (C=O) groups is 1. The van der Waals surface area contributed by atoms with Gasteiger partial charge >= 0.3 is 0 Å². The predicted molar refractivity (Wildman–Crippen MR) is 88.0 cm³/mol. The molecule has 0 atom stereocenters. The van der Waals surface area contributed by atoms with Crippen LogP contribution in [0.1, 0.15) is 16.9 Å². The van der Waals surface area contributed by atoms with Gasteiger partial charge in [-0.25, -0.2) is 12.7 Å². The quantitative estimate of drug-likeness (QED) is 0.901. The zero-order chi connectivity index (χ0) is 17.2. The average molecular weight is 337 g/mol. The Bertz CT molecular complexity index is 807. The van der Waals surface area contributed by atoms with Crippen LogP contribution in [0.2, 0.25) is 0 Å². The lowest BCUT2D eigenvalue weighted by Crippen LogP contribution is -2.37. The summed E-state index contributed by atoms with van der Waals surface area (Å²) in [5.41, 5.74) is 2.49. The Labute approximate surface area is 135 Å². The summed E-state index contributed by atoms with van der Waals surface area (Å²) in [6, 6.07) is 7.10. The van der Waals surface area contributed by atoms with Crippen LogP contribution < -0.4 is 9.62 Å². The van der Waals surface area contributed by atoms with E-state index in [1.807, 2.05) is 32.0 Å². The molecule has 23 heavy (non-hydrogen) atoms. The van der Waals surface area contributed by atoms with Crippen molar-refractivity contribution in [1.82, 2.24) is 5.16 Å². The predicted octanol–water partition coefficient (Wildman–Crippen LogP) is 2.00. The van der Waals surface area contributed by atoms with Crippen molar-refractivity contribution in [2.45, 2.75) is 20.8 Å². The number of amides is 1. The maximum absolute atomic E-state index is 12.3. The molecule has 1 aromatic carbocycles. The van der Waals surface area contributed by atoms with E-state index >= 15 is 0 Å². The number of carbonyl (C=O) groups excluding carboxylic acids is 1. The third-order valence-corrected chi connectivity index (χ3v) is 4.42. The van der Waals surface area contributed by atoms with E-state index in [4.69, 9.17) is 4.52 Å². The number of anilines is 2. The second kappa shape index (κ2) is 6.41. The van der Waals surface area contributed by atoms with Crippen molar-refractivity contribution in [3.8, 4) is 0 Å². The smallest absolute Gasteiger partial charge is 0.245 e. The highest BCUT2D eigenvalue weighted by Gasteiger charge is 2.24. The number of sulfonamides is 1. The maximum Gasteiger partial charge on any atom is 0.245 e. The van der Waals surface area contributed by atoms with Crippen molar-refractivity contribution < 1.29 is 17.7 Å². The van der Waals surface area contributed by atoms with Gasteiger partial charge in [0.25, 0.3) is 0 Å². The van der Waals surface area contributed by atoms with Crippen LogP contribution in [0.4, 0.5) is 11.5 Å². The molecule has 0 saturated heterocycles. The first-order valence-corrected chi connectivity index (χ1v) is 8.80. The summed E-state index contributed by atoms with van der Waals surface area (Å²) in [5.74, 6) is 0.0962. The molecule has 124 valence electrons. The Morgan fingerprint density at radius 1 is 1.26 bits per heavy atom. The number of hydrogen-bond donors (Lipinski definition) is 1. The summed E-state index contributed by atoms with van der Waals surface area (Å²) < 4.78 is 29.7.